The van der Waals surface area contributed by atoms with Gasteiger partial charge in [-0.05, 0) is 12.1 Å². The van der Waals surface area contributed by atoms with Gasteiger partial charge in [0.05, 0.1) is 5.56 Å². The van der Waals surface area contributed by atoms with Crippen molar-refractivity contribution in [2.75, 3.05) is 0 Å². The number of benzene rings is 1. The number of para-hydroxylation sites is 1. The van der Waals surface area contributed by atoms with E-state index in [2.05, 4.69) is 4.74 Å². The van der Waals surface area contributed by atoms with Crippen LogP contribution in [-0.2, 0) is 6.18 Å². The van der Waals surface area contributed by atoms with Crippen LogP contribution in [0.2, 0.25) is 0 Å². The minimum Gasteiger partial charge on any atom is -0.425 e. The zero-order chi connectivity index (χ0) is 14.2. The van der Waals surface area contributed by atoms with Gasteiger partial charge in [0.2, 0.25) is 0 Å². The minimum atomic E-state index is -6.11. The first-order chi connectivity index (χ1) is 7.95. The van der Waals surface area contributed by atoms with Crippen LogP contribution in [0.3, 0.4) is 0 Å². The summed E-state index contributed by atoms with van der Waals surface area (Å²) in [6.45, 7) is 0. The third kappa shape index (κ3) is 3.02. The van der Waals surface area contributed by atoms with Gasteiger partial charge in [-0.3, -0.25) is 0 Å². The van der Waals surface area contributed by atoms with Crippen molar-refractivity contribution in [3.63, 3.8) is 0 Å². The molecule has 0 heterocycles. The maximum Gasteiger partial charge on any atom is 0.499 e. The van der Waals surface area contributed by atoms with Gasteiger partial charge >= 0.3 is 18.5 Å². The molecular weight excluding hydrogens is 276 g/mol. The molecule has 0 aromatic heterocycles. The summed E-state index contributed by atoms with van der Waals surface area (Å²) in [5.74, 6) is -1.59. The maximum atomic E-state index is 12.5. The van der Waals surface area contributed by atoms with Crippen LogP contribution in [0.25, 0.3) is 0 Å². The first-order valence-electron chi connectivity index (χ1n) is 4.25. The molecule has 1 rings (SSSR count). The predicted molar refractivity (Wildman–Crippen MR) is 43.1 cm³/mol. The molecule has 1 aromatic carbocycles. The largest absolute Gasteiger partial charge is 0.499 e. The van der Waals surface area contributed by atoms with Gasteiger partial charge in [-0.15, -0.1) is 0 Å². The number of rotatable bonds is 2. The Balaban J connectivity index is 3.14. The minimum absolute atomic E-state index is 0.335. The van der Waals surface area contributed by atoms with Crippen LogP contribution >= 0.6 is 0 Å². The van der Waals surface area contributed by atoms with Gasteiger partial charge in [0.15, 0.2) is 0 Å². The average Bonchev–Trinajstić information content (AvgIpc) is 2.14. The summed E-state index contributed by atoms with van der Waals surface area (Å²) in [7, 11) is 0. The first kappa shape index (κ1) is 14.5. The van der Waals surface area contributed by atoms with Crippen molar-refractivity contribution in [2.45, 2.75) is 18.5 Å². The molecule has 0 aliphatic carbocycles. The summed E-state index contributed by atoms with van der Waals surface area (Å²) in [6.07, 6.45) is -16.9. The molecule has 0 N–H and O–H groups in total. The van der Waals surface area contributed by atoms with Crippen LogP contribution in [-0.4, -0.2) is 12.3 Å². The highest BCUT2D eigenvalue weighted by molar-refractivity contribution is 5.35. The summed E-state index contributed by atoms with van der Waals surface area (Å²) >= 11 is 0. The summed E-state index contributed by atoms with van der Waals surface area (Å²) in [6, 6.07) is 2.39. The zero-order valence-electron chi connectivity index (χ0n) is 8.24. The summed E-state index contributed by atoms with van der Waals surface area (Å²) in [5.41, 5.74) is -1.71. The smallest absolute Gasteiger partial charge is 0.425 e. The maximum absolute atomic E-state index is 12.5. The molecule has 0 aliphatic rings. The monoisotopic (exact) mass is 280 g/mol. The van der Waals surface area contributed by atoms with Crippen molar-refractivity contribution < 1.29 is 39.9 Å². The highest BCUT2D eigenvalue weighted by Crippen LogP contribution is 2.42. The Morgan fingerprint density at radius 1 is 0.778 bits per heavy atom. The third-order valence-corrected chi connectivity index (χ3v) is 1.76. The van der Waals surface area contributed by atoms with Crippen molar-refractivity contribution in [3.05, 3.63) is 29.8 Å². The van der Waals surface area contributed by atoms with Gasteiger partial charge in [0.25, 0.3) is 0 Å². The molecule has 18 heavy (non-hydrogen) atoms. The number of hydrogen-bond acceptors (Lipinski definition) is 1. The van der Waals surface area contributed by atoms with E-state index in [-0.39, 0.29) is 0 Å². The van der Waals surface area contributed by atoms with E-state index < -0.39 is 29.8 Å². The molecule has 0 radical (unpaired) electrons. The summed E-state index contributed by atoms with van der Waals surface area (Å²) < 4.78 is 100. The van der Waals surface area contributed by atoms with E-state index in [1.165, 1.54) is 0 Å². The molecule has 0 atom stereocenters. The van der Waals surface area contributed by atoms with Crippen molar-refractivity contribution in [1.29, 1.82) is 0 Å². The second kappa shape index (κ2) is 4.29. The number of alkyl halides is 8. The van der Waals surface area contributed by atoms with Gasteiger partial charge in [-0.1, -0.05) is 12.1 Å². The number of hydrogen-bond donors (Lipinski definition) is 0. The lowest BCUT2D eigenvalue weighted by atomic mass is 10.2. The molecule has 1 nitrogen and oxygen atoms in total. The first-order valence-corrected chi connectivity index (χ1v) is 4.25. The zero-order valence-corrected chi connectivity index (χ0v) is 8.24. The molecule has 0 bridgehead atoms. The third-order valence-electron chi connectivity index (χ3n) is 1.76. The second-order valence-corrected chi connectivity index (χ2v) is 3.11. The molecule has 102 valence electrons. The molecule has 0 amide bonds. The molecule has 0 aliphatic heterocycles. The molecule has 0 saturated carbocycles. The fraction of sp³-hybridized carbons (Fsp3) is 0.333. The van der Waals surface area contributed by atoms with Crippen molar-refractivity contribution in [3.8, 4) is 5.75 Å². The second-order valence-electron chi connectivity index (χ2n) is 3.11. The molecule has 0 fully saturated rings. The van der Waals surface area contributed by atoms with E-state index in [1.807, 2.05) is 0 Å². The lowest BCUT2D eigenvalue weighted by Crippen LogP contribution is -2.42. The molecule has 0 spiro atoms. The topological polar surface area (TPSA) is 9.23 Å². The Bertz CT molecular complexity index is 419. The van der Waals surface area contributed by atoms with Crippen LogP contribution in [0.5, 0.6) is 5.75 Å². The van der Waals surface area contributed by atoms with Crippen molar-refractivity contribution in [1.82, 2.24) is 0 Å². The SMILES string of the molecule is FC(F)(F)c1ccccc1OC(F)(F)C(F)(F)F. The normalized spacial score (nSPS) is 13.6. The lowest BCUT2D eigenvalue weighted by molar-refractivity contribution is -0.361. The van der Waals surface area contributed by atoms with Crippen molar-refractivity contribution in [2.24, 2.45) is 0 Å². The van der Waals surface area contributed by atoms with Gasteiger partial charge in [0, 0.05) is 0 Å². The summed E-state index contributed by atoms with van der Waals surface area (Å²) in [5, 5.41) is 0. The van der Waals surface area contributed by atoms with Crippen LogP contribution in [0.15, 0.2) is 24.3 Å². The fourth-order valence-corrected chi connectivity index (χ4v) is 0.986. The van der Waals surface area contributed by atoms with E-state index in [0.717, 1.165) is 12.1 Å². The Morgan fingerprint density at radius 3 is 1.72 bits per heavy atom. The molecule has 0 saturated heterocycles. The Morgan fingerprint density at radius 2 is 1.28 bits per heavy atom. The van der Waals surface area contributed by atoms with Gasteiger partial charge in [0.1, 0.15) is 5.75 Å². The highest BCUT2D eigenvalue weighted by Gasteiger charge is 2.61. The van der Waals surface area contributed by atoms with E-state index in [9.17, 15) is 35.1 Å². The molecule has 0 unspecified atom stereocenters. The van der Waals surface area contributed by atoms with Gasteiger partial charge in [-0.25, -0.2) is 0 Å². The van der Waals surface area contributed by atoms with Gasteiger partial charge in [-0.2, -0.15) is 35.1 Å². The Labute approximate surface area is 95.0 Å². The fourth-order valence-electron chi connectivity index (χ4n) is 0.986. The molecular formula is C9H4F8O. The van der Waals surface area contributed by atoms with Gasteiger partial charge < -0.3 is 4.74 Å². The van der Waals surface area contributed by atoms with E-state index in [0.29, 0.717) is 12.1 Å². The van der Waals surface area contributed by atoms with E-state index in [1.54, 1.807) is 0 Å². The van der Waals surface area contributed by atoms with E-state index in [4.69, 9.17) is 0 Å². The molecule has 1 aromatic rings. The predicted octanol–water partition coefficient (Wildman–Crippen LogP) is 4.24. The average molecular weight is 280 g/mol. The Kier molecular flexibility index (Phi) is 3.46. The number of halogens is 8. The van der Waals surface area contributed by atoms with E-state index >= 15 is 0 Å². The van der Waals surface area contributed by atoms with Crippen molar-refractivity contribution >= 4 is 0 Å². The highest BCUT2D eigenvalue weighted by atomic mass is 19.4. The van der Waals surface area contributed by atoms with Crippen LogP contribution in [0.4, 0.5) is 35.1 Å². The molecule has 9 heteroatoms. The van der Waals surface area contributed by atoms with Crippen LogP contribution < -0.4 is 4.74 Å². The summed E-state index contributed by atoms with van der Waals surface area (Å²) in [4.78, 5) is 0. The van der Waals surface area contributed by atoms with Crippen LogP contribution in [0.1, 0.15) is 5.56 Å². The standard InChI is InChI=1S/C9H4F8O/c10-7(11,12)5-3-1-2-4-6(5)18-9(16,17)8(13,14)15/h1-4H. The number of ether oxygens (including phenoxy) is 1. The lowest BCUT2D eigenvalue weighted by Gasteiger charge is -2.22. The van der Waals surface area contributed by atoms with Crippen LogP contribution in [0, 0.1) is 0 Å². The quantitative estimate of drug-likeness (QED) is 0.736. The Hall–Kier alpha value is -1.54.